The number of hydrogen-bond acceptors (Lipinski definition) is 5. The van der Waals surface area contributed by atoms with Crippen LogP contribution in [0.1, 0.15) is 25.3 Å². The summed E-state index contributed by atoms with van der Waals surface area (Å²) in [7, 11) is 0. The number of benzene rings is 1. The fourth-order valence-corrected chi connectivity index (χ4v) is 3.62. The first-order chi connectivity index (χ1) is 12.4. The lowest BCUT2D eigenvalue weighted by Gasteiger charge is -2.31. The van der Waals surface area contributed by atoms with E-state index < -0.39 is 5.97 Å². The van der Waals surface area contributed by atoms with Crippen molar-refractivity contribution in [1.82, 2.24) is 10.2 Å². The predicted octanol–water partition coefficient (Wildman–Crippen LogP) is 3.25. The molecule has 0 spiro atoms. The van der Waals surface area contributed by atoms with Crippen LogP contribution in [-0.2, 0) is 20.9 Å². The fraction of sp³-hybridized carbons (Fsp3) is 0.500. The van der Waals surface area contributed by atoms with Gasteiger partial charge in [-0.15, -0.1) is 0 Å². The summed E-state index contributed by atoms with van der Waals surface area (Å²) in [5.41, 5.74) is 0.922. The number of carbonyl (C=O) groups is 2. The molecule has 0 aliphatic carbocycles. The van der Waals surface area contributed by atoms with E-state index in [1.54, 1.807) is 12.1 Å². The lowest BCUT2D eigenvalue weighted by molar-refractivity contribution is -0.145. The number of esters is 1. The number of nitrogens with zero attached hydrogens (tertiary/aromatic N) is 1. The number of piperidine rings is 1. The Morgan fingerprint density at radius 2 is 1.96 bits per heavy atom. The van der Waals surface area contributed by atoms with Gasteiger partial charge in [-0.1, -0.05) is 54.6 Å². The Morgan fingerprint density at radius 1 is 1.31 bits per heavy atom. The maximum absolute atomic E-state index is 11.8. The number of carbonyl (C=O) groups excluding carboxylic acids is 2. The largest absolute Gasteiger partial charge is 0.455 e. The number of nitrogens with one attached hydrogen (secondary N) is 1. The van der Waals surface area contributed by atoms with Crippen LogP contribution in [0.25, 0.3) is 0 Å². The summed E-state index contributed by atoms with van der Waals surface area (Å²) in [6.07, 6.45) is 2.25. The zero-order valence-corrected chi connectivity index (χ0v) is 17.1. The molecule has 26 heavy (non-hydrogen) atoms. The van der Waals surface area contributed by atoms with Crippen molar-refractivity contribution in [3.8, 4) is 0 Å². The van der Waals surface area contributed by atoms with Crippen LogP contribution >= 0.6 is 35.6 Å². The van der Waals surface area contributed by atoms with Gasteiger partial charge in [-0.25, -0.2) is 0 Å². The summed E-state index contributed by atoms with van der Waals surface area (Å²) in [5.74, 6) is 0.0701. The number of likely N-dealkylation sites (tertiary alicyclic amines) is 1. The van der Waals surface area contributed by atoms with Gasteiger partial charge in [0.1, 0.15) is 4.32 Å². The van der Waals surface area contributed by atoms with Crippen LogP contribution in [0.15, 0.2) is 24.3 Å². The van der Waals surface area contributed by atoms with Crippen LogP contribution in [0.3, 0.4) is 0 Å². The van der Waals surface area contributed by atoms with Crippen molar-refractivity contribution in [2.75, 3.05) is 25.4 Å². The van der Waals surface area contributed by atoms with E-state index in [2.05, 4.69) is 17.1 Å². The Hall–Kier alpha value is -1.31. The molecule has 1 fully saturated rings. The van der Waals surface area contributed by atoms with Crippen molar-refractivity contribution in [2.24, 2.45) is 5.92 Å². The first-order valence-corrected chi connectivity index (χ1v) is 10.3. The van der Waals surface area contributed by atoms with Gasteiger partial charge in [0.15, 0.2) is 6.61 Å². The maximum atomic E-state index is 11.8. The zero-order valence-electron chi connectivity index (χ0n) is 14.7. The SMILES string of the molecule is CC1CCN(C(=S)SCC(=O)OCC(=O)NCc2ccc(Cl)cc2)CC1. The highest BCUT2D eigenvalue weighted by atomic mass is 35.5. The summed E-state index contributed by atoms with van der Waals surface area (Å²) in [6, 6.07) is 7.17. The Labute approximate surface area is 168 Å². The molecule has 0 aromatic heterocycles. The van der Waals surface area contributed by atoms with Crippen LogP contribution in [0.4, 0.5) is 0 Å². The van der Waals surface area contributed by atoms with Crippen molar-refractivity contribution < 1.29 is 14.3 Å². The average molecular weight is 415 g/mol. The number of halogens is 1. The third-order valence-corrected chi connectivity index (χ3v) is 5.87. The second-order valence-corrected chi connectivity index (χ2v) is 8.33. The van der Waals surface area contributed by atoms with Crippen LogP contribution < -0.4 is 5.32 Å². The van der Waals surface area contributed by atoms with Crippen LogP contribution in [-0.4, -0.2) is 46.5 Å². The zero-order chi connectivity index (χ0) is 18.9. The molecule has 5 nitrogen and oxygen atoms in total. The lowest BCUT2D eigenvalue weighted by Crippen LogP contribution is -2.36. The molecule has 0 saturated carbocycles. The number of rotatable bonds is 6. The monoisotopic (exact) mass is 414 g/mol. The van der Waals surface area contributed by atoms with E-state index in [1.165, 1.54) is 11.8 Å². The molecule has 142 valence electrons. The molecular weight excluding hydrogens is 392 g/mol. The summed E-state index contributed by atoms with van der Waals surface area (Å²) in [4.78, 5) is 25.7. The minimum atomic E-state index is -0.440. The van der Waals surface area contributed by atoms with Gasteiger partial charge in [0, 0.05) is 24.7 Å². The average Bonchev–Trinajstić information content (AvgIpc) is 2.64. The molecule has 1 aliphatic heterocycles. The van der Waals surface area contributed by atoms with Gasteiger partial charge in [-0.05, 0) is 36.5 Å². The Kier molecular flexibility index (Phi) is 8.68. The molecule has 0 bridgehead atoms. The van der Waals surface area contributed by atoms with Gasteiger partial charge in [-0.3, -0.25) is 9.59 Å². The molecule has 1 heterocycles. The van der Waals surface area contributed by atoms with E-state index >= 15 is 0 Å². The number of ether oxygens (including phenoxy) is 1. The molecule has 1 aliphatic rings. The third-order valence-electron chi connectivity index (χ3n) is 4.12. The molecule has 8 heteroatoms. The van der Waals surface area contributed by atoms with Gasteiger partial charge >= 0.3 is 5.97 Å². The fourth-order valence-electron chi connectivity index (χ4n) is 2.44. The summed E-state index contributed by atoms with van der Waals surface area (Å²) in [5, 5.41) is 3.34. The maximum Gasteiger partial charge on any atom is 0.316 e. The topological polar surface area (TPSA) is 58.6 Å². The van der Waals surface area contributed by atoms with Crippen molar-refractivity contribution in [1.29, 1.82) is 0 Å². The van der Waals surface area contributed by atoms with E-state index in [0.717, 1.165) is 41.7 Å². The molecule has 1 N–H and O–H groups in total. The standard InChI is InChI=1S/C18H23ClN2O3S2/c1-13-6-8-21(9-7-13)18(25)26-12-17(23)24-11-16(22)20-10-14-2-4-15(19)5-3-14/h2-5,13H,6-12H2,1H3,(H,20,22). The second-order valence-electron chi connectivity index (χ2n) is 6.29. The molecular formula is C18H23ClN2O3S2. The Morgan fingerprint density at radius 3 is 2.62 bits per heavy atom. The third kappa shape index (κ3) is 7.51. The molecule has 2 rings (SSSR count). The van der Waals surface area contributed by atoms with Gasteiger partial charge in [0.25, 0.3) is 5.91 Å². The molecule has 0 atom stereocenters. The van der Waals surface area contributed by atoms with E-state index in [-0.39, 0.29) is 18.3 Å². The quantitative estimate of drug-likeness (QED) is 0.569. The Bertz CT molecular complexity index is 632. The molecule has 1 amide bonds. The smallest absolute Gasteiger partial charge is 0.316 e. The second kappa shape index (κ2) is 10.7. The van der Waals surface area contributed by atoms with Crippen LogP contribution in [0, 0.1) is 5.92 Å². The highest BCUT2D eigenvalue weighted by Gasteiger charge is 2.19. The molecule has 1 aromatic rings. The summed E-state index contributed by atoms with van der Waals surface area (Å²) < 4.78 is 5.72. The highest BCUT2D eigenvalue weighted by molar-refractivity contribution is 8.23. The molecule has 1 saturated heterocycles. The molecule has 1 aromatic carbocycles. The predicted molar refractivity (Wildman–Crippen MR) is 109 cm³/mol. The van der Waals surface area contributed by atoms with Crippen molar-refractivity contribution >= 4 is 51.8 Å². The lowest BCUT2D eigenvalue weighted by atomic mass is 10.00. The van der Waals surface area contributed by atoms with Crippen molar-refractivity contribution in [3.63, 3.8) is 0 Å². The Balaban J connectivity index is 1.59. The highest BCUT2D eigenvalue weighted by Crippen LogP contribution is 2.20. The summed E-state index contributed by atoms with van der Waals surface area (Å²) >= 11 is 12.5. The van der Waals surface area contributed by atoms with Crippen LogP contribution in [0.2, 0.25) is 5.02 Å². The van der Waals surface area contributed by atoms with Crippen LogP contribution in [0.5, 0.6) is 0 Å². The van der Waals surface area contributed by atoms with E-state index in [4.69, 9.17) is 28.6 Å². The first kappa shape index (κ1) is 21.0. The van der Waals surface area contributed by atoms with Crippen molar-refractivity contribution in [2.45, 2.75) is 26.3 Å². The molecule has 0 radical (unpaired) electrons. The van der Waals surface area contributed by atoms with Gasteiger partial charge in [0.05, 0.1) is 5.75 Å². The first-order valence-electron chi connectivity index (χ1n) is 8.52. The number of hydrogen-bond donors (Lipinski definition) is 1. The number of thiocarbonyl (C=S) groups is 1. The van der Waals surface area contributed by atoms with E-state index in [0.29, 0.717) is 11.6 Å². The normalized spacial score (nSPS) is 14.8. The minimum Gasteiger partial charge on any atom is -0.455 e. The van der Waals surface area contributed by atoms with E-state index in [9.17, 15) is 9.59 Å². The number of amides is 1. The van der Waals surface area contributed by atoms with Gasteiger partial charge < -0.3 is 15.0 Å². The molecule has 0 unspecified atom stereocenters. The van der Waals surface area contributed by atoms with Gasteiger partial charge in [0.2, 0.25) is 0 Å². The summed E-state index contributed by atoms with van der Waals surface area (Å²) in [6.45, 7) is 4.19. The number of thioether (sulfide) groups is 1. The van der Waals surface area contributed by atoms with Crippen molar-refractivity contribution in [3.05, 3.63) is 34.9 Å². The van der Waals surface area contributed by atoms with Gasteiger partial charge in [-0.2, -0.15) is 0 Å². The van der Waals surface area contributed by atoms with E-state index in [1.807, 2.05) is 12.1 Å². The minimum absolute atomic E-state index is 0.120.